The predicted molar refractivity (Wildman–Crippen MR) is 171 cm³/mol. The van der Waals surface area contributed by atoms with E-state index in [0.717, 1.165) is 36.6 Å². The van der Waals surface area contributed by atoms with Gasteiger partial charge in [-0.1, -0.05) is 18.2 Å². The van der Waals surface area contributed by atoms with Gasteiger partial charge in [0.05, 0.1) is 22.3 Å². The molecular formula is C34H32N4O11. The van der Waals surface area contributed by atoms with Crippen molar-refractivity contribution in [3.8, 4) is 0 Å². The molecule has 6 atom stereocenters. The van der Waals surface area contributed by atoms with Crippen molar-refractivity contribution in [2.75, 3.05) is 18.6 Å². The number of ether oxygens (including phenoxy) is 5. The summed E-state index contributed by atoms with van der Waals surface area (Å²) in [5, 5.41) is 1.72. The third kappa shape index (κ3) is 5.03. The molecule has 1 unspecified atom stereocenters. The molecular weight excluding hydrogens is 640 g/mol. The minimum absolute atomic E-state index is 0.196. The van der Waals surface area contributed by atoms with E-state index in [-0.39, 0.29) is 11.1 Å². The number of imide groups is 1. The normalized spacial score (nSPS) is 26.2. The topological polar surface area (TPSA) is 183 Å². The van der Waals surface area contributed by atoms with Gasteiger partial charge < -0.3 is 33.6 Å². The summed E-state index contributed by atoms with van der Waals surface area (Å²) in [6.45, 7) is 4.23. The number of dihydropyridines is 1. The number of allylic oxidation sites excluding steroid dienone is 3. The number of carbonyl (C=O) groups excluding carboxylic acids is 6. The van der Waals surface area contributed by atoms with E-state index in [4.69, 9.17) is 28.7 Å². The molecule has 2 amide bonds. The van der Waals surface area contributed by atoms with Gasteiger partial charge in [0.1, 0.15) is 18.9 Å². The fourth-order valence-electron chi connectivity index (χ4n) is 7.30. The van der Waals surface area contributed by atoms with Crippen molar-refractivity contribution in [3.05, 3.63) is 51.6 Å². The number of hydrogen-bond acceptors (Lipinski definition) is 13. The van der Waals surface area contributed by atoms with E-state index in [1.807, 2.05) is 18.2 Å². The fourth-order valence-corrected chi connectivity index (χ4v) is 7.30. The molecule has 0 radical (unpaired) electrons. The van der Waals surface area contributed by atoms with Crippen LogP contribution in [0.4, 0.5) is 5.69 Å². The van der Waals surface area contributed by atoms with E-state index >= 15 is 0 Å². The molecule has 0 spiro atoms. The maximum Gasteiger partial charge on any atom is 0.303 e. The van der Waals surface area contributed by atoms with E-state index < -0.39 is 79.1 Å². The number of H-pyrrole nitrogens is 1. The lowest BCUT2D eigenvalue weighted by Gasteiger charge is -2.48. The molecule has 7 rings (SSSR count). The Kier molecular flexibility index (Phi) is 7.73. The van der Waals surface area contributed by atoms with Gasteiger partial charge in [-0.05, 0) is 24.1 Å². The van der Waals surface area contributed by atoms with Crippen molar-refractivity contribution in [1.29, 1.82) is 0 Å². The van der Waals surface area contributed by atoms with E-state index in [1.54, 1.807) is 23.3 Å². The molecule has 5 aliphatic rings. The number of fused-ring (bicyclic) bond motifs is 9. The number of nitrogens with zero attached hydrogens (tertiary/aromatic N) is 3. The number of anilines is 1. The average molecular weight is 673 g/mol. The molecule has 2 aromatic rings. The zero-order valence-electron chi connectivity index (χ0n) is 27.2. The van der Waals surface area contributed by atoms with Crippen LogP contribution in [-0.4, -0.2) is 102 Å². The lowest BCUT2D eigenvalue weighted by Crippen LogP contribution is -2.67. The largest absolute Gasteiger partial charge is 0.463 e. The van der Waals surface area contributed by atoms with Crippen LogP contribution in [0, 0.1) is 0 Å². The van der Waals surface area contributed by atoms with E-state index in [9.17, 15) is 28.8 Å². The first kappa shape index (κ1) is 32.0. The quantitative estimate of drug-likeness (QED) is 0.252. The summed E-state index contributed by atoms with van der Waals surface area (Å²) < 4.78 is 29.0. The smallest absolute Gasteiger partial charge is 0.303 e. The van der Waals surface area contributed by atoms with Gasteiger partial charge in [0.25, 0.3) is 11.8 Å². The molecule has 1 saturated heterocycles. The highest BCUT2D eigenvalue weighted by Gasteiger charge is 2.57. The lowest BCUT2D eigenvalue weighted by atomic mass is 9.94. The van der Waals surface area contributed by atoms with Crippen LogP contribution >= 0.6 is 0 Å². The predicted octanol–water partition coefficient (Wildman–Crippen LogP) is 0.307. The van der Waals surface area contributed by atoms with Gasteiger partial charge in [0.15, 0.2) is 24.5 Å². The summed E-state index contributed by atoms with van der Waals surface area (Å²) in [6, 6.07) is 0. The molecule has 15 heteroatoms. The first-order chi connectivity index (χ1) is 23.4. The Labute approximate surface area is 278 Å². The molecule has 254 valence electrons. The summed E-state index contributed by atoms with van der Waals surface area (Å²) in [5.74, 6) is -3.88. The number of aromatic nitrogens is 1. The second-order valence-corrected chi connectivity index (χ2v) is 12.2. The summed E-state index contributed by atoms with van der Waals surface area (Å²) in [7, 11) is 1.43. The SMILES string of the molecule is CC(=O)OC[C@H]1O[C@@H](N2c3c(c4c(c5c6c([nH]c35)=CC=CC6)C(=O)N(C)C4=O)=C3C=CC=NC32)[C@H](OC(C)=O)[C@@H](OC(C)=O)[C@@H]1OC(C)=O. The number of esters is 4. The first-order valence-corrected chi connectivity index (χ1v) is 15.6. The molecule has 1 aliphatic carbocycles. The monoisotopic (exact) mass is 672 g/mol. The Balaban J connectivity index is 1.52. The summed E-state index contributed by atoms with van der Waals surface area (Å²) in [5.41, 5.74) is 2.77. The molecule has 1 N–H and O–H groups in total. The molecule has 49 heavy (non-hydrogen) atoms. The summed E-state index contributed by atoms with van der Waals surface area (Å²) in [4.78, 5) is 88.2. The third-order valence-corrected chi connectivity index (χ3v) is 9.04. The third-order valence-electron chi connectivity index (χ3n) is 9.04. The van der Waals surface area contributed by atoms with E-state index in [1.165, 1.54) is 14.0 Å². The molecule has 1 fully saturated rings. The summed E-state index contributed by atoms with van der Waals surface area (Å²) >= 11 is 0. The number of rotatable bonds is 6. The molecule has 15 nitrogen and oxygen atoms in total. The van der Waals surface area contributed by atoms with Crippen LogP contribution in [0.2, 0.25) is 0 Å². The highest BCUT2D eigenvalue weighted by atomic mass is 16.7. The van der Waals surface area contributed by atoms with Crippen LogP contribution in [0.15, 0.2) is 29.3 Å². The minimum atomic E-state index is -1.44. The molecule has 0 bridgehead atoms. The minimum Gasteiger partial charge on any atom is -0.463 e. The number of aliphatic imine (C=N–C) groups is 1. The Hall–Kier alpha value is -5.57. The number of aromatic amines is 1. The van der Waals surface area contributed by atoms with Crippen molar-refractivity contribution in [3.63, 3.8) is 0 Å². The Morgan fingerprint density at radius 3 is 2.29 bits per heavy atom. The average Bonchev–Trinajstić information content (AvgIpc) is 3.66. The van der Waals surface area contributed by atoms with Crippen LogP contribution < -0.4 is 15.5 Å². The maximum atomic E-state index is 13.9. The molecule has 1 aromatic heterocycles. The highest BCUT2D eigenvalue weighted by molar-refractivity contribution is 6.29. The van der Waals surface area contributed by atoms with Gasteiger partial charge in [-0.2, -0.15) is 0 Å². The number of hydrogen-bond donors (Lipinski definition) is 1. The van der Waals surface area contributed by atoms with Gasteiger partial charge in [-0.25, -0.2) is 0 Å². The molecule has 5 heterocycles. The van der Waals surface area contributed by atoms with Gasteiger partial charge in [0, 0.05) is 62.5 Å². The number of benzene rings is 1. The van der Waals surface area contributed by atoms with Gasteiger partial charge in [0.2, 0.25) is 0 Å². The van der Waals surface area contributed by atoms with Crippen LogP contribution in [0.1, 0.15) is 54.0 Å². The van der Waals surface area contributed by atoms with Crippen LogP contribution in [0.5, 0.6) is 0 Å². The van der Waals surface area contributed by atoms with Crippen LogP contribution in [-0.2, 0) is 49.3 Å². The van der Waals surface area contributed by atoms with E-state index in [2.05, 4.69) is 4.98 Å². The van der Waals surface area contributed by atoms with Crippen molar-refractivity contribution in [1.82, 2.24) is 9.88 Å². The van der Waals surface area contributed by atoms with E-state index in [0.29, 0.717) is 33.8 Å². The zero-order chi connectivity index (χ0) is 34.9. The number of amides is 2. The van der Waals surface area contributed by atoms with Crippen LogP contribution in [0.25, 0.3) is 22.6 Å². The fraction of sp³-hybridized carbons (Fsp3) is 0.382. The first-order valence-electron chi connectivity index (χ1n) is 15.6. The number of carbonyl (C=O) groups is 6. The van der Waals surface area contributed by atoms with Crippen molar-refractivity contribution >= 4 is 70.1 Å². The molecule has 0 saturated carbocycles. The van der Waals surface area contributed by atoms with Crippen molar-refractivity contribution in [2.45, 2.75) is 70.9 Å². The van der Waals surface area contributed by atoms with Crippen LogP contribution in [0.3, 0.4) is 0 Å². The zero-order valence-corrected chi connectivity index (χ0v) is 27.2. The summed E-state index contributed by atoms with van der Waals surface area (Å²) in [6.07, 6.45) is 3.54. The molecule has 4 aliphatic heterocycles. The lowest BCUT2D eigenvalue weighted by molar-refractivity contribution is -0.252. The standard InChI is InChI=1S/C34H32N4O11/c1-14(39)45-13-21-28(46-15(2)40)29(47-16(3)41)30(48-17(4)42)34(49-21)38-27-23(19-10-8-12-35-31(19)38)25-24(32(43)37(5)33(25)44)22-18-9-6-7-11-20(18)36-26(22)27/h6-8,10-12,21,28-31,34,36H,9,13H2,1-5H3/t21-,28-,29+,30-,31?,34-/m1/s1. The van der Waals surface area contributed by atoms with Crippen molar-refractivity contribution < 1.29 is 52.5 Å². The Morgan fingerprint density at radius 1 is 0.918 bits per heavy atom. The maximum absolute atomic E-state index is 13.9. The van der Waals surface area contributed by atoms with Gasteiger partial charge in [-0.3, -0.25) is 38.7 Å². The van der Waals surface area contributed by atoms with Crippen molar-refractivity contribution in [2.24, 2.45) is 4.99 Å². The molecule has 1 aromatic carbocycles. The second-order valence-electron chi connectivity index (χ2n) is 12.2. The second kappa shape index (κ2) is 11.8. The Morgan fingerprint density at radius 2 is 1.59 bits per heavy atom. The Bertz CT molecular complexity index is 2090. The van der Waals surface area contributed by atoms with Gasteiger partial charge in [-0.15, -0.1) is 0 Å². The number of nitrogens with one attached hydrogen (secondary N) is 1. The highest BCUT2D eigenvalue weighted by Crippen LogP contribution is 2.44. The van der Waals surface area contributed by atoms with Gasteiger partial charge >= 0.3 is 23.9 Å².